The SMILES string of the molecule is COc1c(N2CCCC3(CC3)C2=O)cc2c(c1F)C(CC#N)N(C)C2. The molecule has 3 aliphatic rings. The minimum Gasteiger partial charge on any atom is -0.492 e. The average Bonchev–Trinajstić information content (AvgIpc) is 3.29. The third-order valence-corrected chi connectivity index (χ3v) is 5.98. The number of carbonyl (C=O) groups excluding carboxylic acids is 1. The maximum atomic E-state index is 15.3. The Hall–Kier alpha value is -2.13. The number of piperidine rings is 1. The van der Waals surface area contributed by atoms with E-state index in [0.717, 1.165) is 31.2 Å². The summed E-state index contributed by atoms with van der Waals surface area (Å²) in [5.41, 5.74) is 1.72. The van der Waals surface area contributed by atoms with Gasteiger partial charge < -0.3 is 9.64 Å². The summed E-state index contributed by atoms with van der Waals surface area (Å²) in [6, 6.07) is 3.76. The largest absolute Gasteiger partial charge is 0.492 e. The van der Waals surface area contributed by atoms with Gasteiger partial charge in [-0.25, -0.2) is 4.39 Å². The molecule has 6 heteroatoms. The van der Waals surface area contributed by atoms with Gasteiger partial charge in [0.25, 0.3) is 0 Å². The fourth-order valence-corrected chi connectivity index (χ4v) is 4.43. The number of ether oxygens (including phenoxy) is 1. The van der Waals surface area contributed by atoms with Crippen LogP contribution in [0.2, 0.25) is 0 Å². The topological polar surface area (TPSA) is 56.6 Å². The highest BCUT2D eigenvalue weighted by Crippen LogP contribution is 2.55. The molecule has 0 radical (unpaired) electrons. The van der Waals surface area contributed by atoms with Crippen molar-refractivity contribution in [2.75, 3.05) is 25.6 Å². The number of rotatable bonds is 3. The average molecular weight is 343 g/mol. The summed E-state index contributed by atoms with van der Waals surface area (Å²) in [7, 11) is 3.33. The molecule has 0 bridgehead atoms. The molecule has 0 aromatic heterocycles. The third kappa shape index (κ3) is 2.33. The Morgan fingerprint density at radius 3 is 2.84 bits per heavy atom. The van der Waals surface area contributed by atoms with Crippen molar-refractivity contribution in [3.8, 4) is 11.8 Å². The quantitative estimate of drug-likeness (QED) is 0.846. The molecular weight excluding hydrogens is 321 g/mol. The van der Waals surface area contributed by atoms with Gasteiger partial charge in [0.2, 0.25) is 5.91 Å². The Bertz CT molecular complexity index is 782. The molecule has 1 saturated heterocycles. The van der Waals surface area contributed by atoms with Gasteiger partial charge in [-0.05, 0) is 44.4 Å². The van der Waals surface area contributed by atoms with Gasteiger partial charge in [-0.3, -0.25) is 9.69 Å². The Balaban J connectivity index is 1.80. The molecule has 1 unspecified atom stereocenters. The van der Waals surface area contributed by atoms with E-state index in [0.29, 0.717) is 24.3 Å². The van der Waals surface area contributed by atoms with E-state index in [1.165, 1.54) is 7.11 Å². The van der Waals surface area contributed by atoms with Crippen LogP contribution in [0.25, 0.3) is 0 Å². The fraction of sp³-hybridized carbons (Fsp3) is 0.579. The molecule has 25 heavy (non-hydrogen) atoms. The van der Waals surface area contributed by atoms with E-state index in [1.54, 1.807) is 4.90 Å². The first-order valence-corrected chi connectivity index (χ1v) is 8.81. The maximum absolute atomic E-state index is 15.3. The van der Waals surface area contributed by atoms with Gasteiger partial charge in [-0.1, -0.05) is 0 Å². The number of fused-ring (bicyclic) bond motifs is 1. The number of benzene rings is 1. The van der Waals surface area contributed by atoms with Crippen LogP contribution in [0.15, 0.2) is 6.07 Å². The van der Waals surface area contributed by atoms with E-state index in [9.17, 15) is 4.79 Å². The third-order valence-electron chi connectivity index (χ3n) is 5.98. The van der Waals surface area contributed by atoms with Crippen LogP contribution in [0.3, 0.4) is 0 Å². The first kappa shape index (κ1) is 16.3. The highest BCUT2D eigenvalue weighted by Gasteiger charge is 2.53. The minimum absolute atomic E-state index is 0.108. The molecule has 2 fully saturated rings. The van der Waals surface area contributed by atoms with Crippen LogP contribution in [0, 0.1) is 22.6 Å². The second-order valence-corrected chi connectivity index (χ2v) is 7.45. The number of hydrogen-bond donors (Lipinski definition) is 0. The number of nitrogens with zero attached hydrogens (tertiary/aromatic N) is 3. The molecule has 4 rings (SSSR count). The Labute approximate surface area is 147 Å². The van der Waals surface area contributed by atoms with Gasteiger partial charge in [-0.2, -0.15) is 5.26 Å². The molecule has 132 valence electrons. The lowest BCUT2D eigenvalue weighted by Crippen LogP contribution is -2.42. The standard InChI is InChI=1S/C19H22FN3O2/c1-22-11-12-10-14(23-9-3-5-19(6-7-19)18(23)24)17(25-2)16(20)15(12)13(22)4-8-21/h10,13H,3-7,9,11H2,1-2H3. The Kier molecular flexibility index (Phi) is 3.73. The first-order valence-electron chi connectivity index (χ1n) is 8.81. The van der Waals surface area contributed by atoms with E-state index in [1.807, 2.05) is 18.0 Å². The van der Waals surface area contributed by atoms with Crippen molar-refractivity contribution in [2.24, 2.45) is 5.41 Å². The molecular formula is C19H22FN3O2. The summed E-state index contributed by atoms with van der Waals surface area (Å²) in [6.07, 6.45) is 3.97. The van der Waals surface area contributed by atoms with Crippen molar-refractivity contribution in [3.05, 3.63) is 23.0 Å². The number of anilines is 1. The molecule has 1 aliphatic carbocycles. The number of methoxy groups -OCH3 is 1. The fourth-order valence-electron chi connectivity index (χ4n) is 4.43. The normalized spacial score (nSPS) is 24.3. The summed E-state index contributed by atoms with van der Waals surface area (Å²) in [6.45, 7) is 1.18. The van der Waals surface area contributed by atoms with Crippen molar-refractivity contribution < 1.29 is 13.9 Å². The van der Waals surface area contributed by atoms with Gasteiger partial charge in [-0.15, -0.1) is 0 Å². The van der Waals surface area contributed by atoms with Gasteiger partial charge in [0.05, 0.1) is 31.3 Å². The van der Waals surface area contributed by atoms with Gasteiger partial charge in [0.15, 0.2) is 11.6 Å². The number of halogens is 1. The molecule has 5 nitrogen and oxygen atoms in total. The number of hydrogen-bond acceptors (Lipinski definition) is 4. The predicted molar refractivity (Wildman–Crippen MR) is 90.6 cm³/mol. The zero-order chi connectivity index (χ0) is 17.8. The molecule has 1 aromatic rings. The Morgan fingerprint density at radius 1 is 1.44 bits per heavy atom. The lowest BCUT2D eigenvalue weighted by molar-refractivity contribution is -0.125. The summed E-state index contributed by atoms with van der Waals surface area (Å²) >= 11 is 0. The number of carbonyl (C=O) groups is 1. The van der Waals surface area contributed by atoms with Crippen LogP contribution in [-0.2, 0) is 11.3 Å². The van der Waals surface area contributed by atoms with E-state index in [-0.39, 0.29) is 29.5 Å². The lowest BCUT2D eigenvalue weighted by Gasteiger charge is -2.33. The van der Waals surface area contributed by atoms with Crippen LogP contribution in [-0.4, -0.2) is 31.5 Å². The van der Waals surface area contributed by atoms with Crippen molar-refractivity contribution >= 4 is 11.6 Å². The first-order chi connectivity index (χ1) is 12.0. The summed E-state index contributed by atoms with van der Waals surface area (Å²) in [5.74, 6) is -0.192. The smallest absolute Gasteiger partial charge is 0.233 e. The second-order valence-electron chi connectivity index (χ2n) is 7.45. The second kappa shape index (κ2) is 5.70. The zero-order valence-corrected chi connectivity index (χ0v) is 14.6. The van der Waals surface area contributed by atoms with Crippen LogP contribution in [0.4, 0.5) is 10.1 Å². The lowest BCUT2D eigenvalue weighted by atomic mass is 9.92. The van der Waals surface area contributed by atoms with Crippen LogP contribution in [0.1, 0.15) is 49.3 Å². The van der Waals surface area contributed by atoms with E-state index >= 15 is 4.39 Å². The molecule has 1 aromatic carbocycles. The molecule has 1 atom stereocenters. The van der Waals surface area contributed by atoms with Crippen LogP contribution < -0.4 is 9.64 Å². The van der Waals surface area contributed by atoms with E-state index in [4.69, 9.17) is 10.00 Å². The maximum Gasteiger partial charge on any atom is 0.233 e. The van der Waals surface area contributed by atoms with Crippen molar-refractivity contribution in [3.63, 3.8) is 0 Å². The van der Waals surface area contributed by atoms with Crippen LogP contribution >= 0.6 is 0 Å². The van der Waals surface area contributed by atoms with Gasteiger partial charge in [0, 0.05) is 24.1 Å². The molecule has 1 amide bonds. The highest BCUT2D eigenvalue weighted by molar-refractivity contribution is 6.01. The summed E-state index contributed by atoms with van der Waals surface area (Å²) < 4.78 is 20.7. The molecule has 1 saturated carbocycles. The zero-order valence-electron chi connectivity index (χ0n) is 14.6. The van der Waals surface area contributed by atoms with Gasteiger partial charge in [0.1, 0.15) is 0 Å². The van der Waals surface area contributed by atoms with E-state index < -0.39 is 5.82 Å². The van der Waals surface area contributed by atoms with Crippen molar-refractivity contribution in [2.45, 2.75) is 44.7 Å². The van der Waals surface area contributed by atoms with E-state index in [2.05, 4.69) is 6.07 Å². The van der Waals surface area contributed by atoms with Crippen LogP contribution in [0.5, 0.6) is 5.75 Å². The van der Waals surface area contributed by atoms with Gasteiger partial charge >= 0.3 is 0 Å². The molecule has 2 aliphatic heterocycles. The monoisotopic (exact) mass is 343 g/mol. The Morgan fingerprint density at radius 2 is 2.20 bits per heavy atom. The summed E-state index contributed by atoms with van der Waals surface area (Å²) in [5, 5.41) is 9.06. The number of amides is 1. The minimum atomic E-state index is -0.428. The molecule has 2 heterocycles. The molecule has 0 N–H and O–H groups in total. The van der Waals surface area contributed by atoms with Crippen molar-refractivity contribution in [1.29, 1.82) is 5.26 Å². The predicted octanol–water partition coefficient (Wildman–Crippen LogP) is 3.14. The highest BCUT2D eigenvalue weighted by atomic mass is 19.1. The summed E-state index contributed by atoms with van der Waals surface area (Å²) in [4.78, 5) is 16.6. The molecule has 1 spiro atoms. The van der Waals surface area contributed by atoms with Crippen molar-refractivity contribution in [1.82, 2.24) is 4.90 Å². The number of nitriles is 1.